The Labute approximate surface area is 125 Å². The second-order valence-electron chi connectivity index (χ2n) is 4.40. The molecule has 0 aromatic carbocycles. The number of carbonyl (C=O) groups excluding carboxylic acids is 1. The predicted molar refractivity (Wildman–Crippen MR) is 79.4 cm³/mol. The van der Waals surface area contributed by atoms with Crippen molar-refractivity contribution in [3.05, 3.63) is 20.8 Å². The SMILES string of the molecule is CCC(C)N(CC(=O)O)C(=O)CCc1cc(Br)cs1. The number of hydrogen-bond acceptors (Lipinski definition) is 3. The van der Waals surface area contributed by atoms with Crippen molar-refractivity contribution in [2.45, 2.75) is 39.2 Å². The zero-order valence-corrected chi connectivity index (χ0v) is 13.5. The van der Waals surface area contributed by atoms with Crippen molar-refractivity contribution < 1.29 is 14.7 Å². The monoisotopic (exact) mass is 347 g/mol. The summed E-state index contributed by atoms with van der Waals surface area (Å²) in [5.41, 5.74) is 0. The number of nitrogens with zero attached hydrogens (tertiary/aromatic N) is 1. The number of aryl methyl sites for hydroxylation is 1. The summed E-state index contributed by atoms with van der Waals surface area (Å²) in [5.74, 6) is -1.06. The molecular formula is C13H18BrNO3S. The standard InChI is InChI=1S/C13H18BrNO3S/c1-3-9(2)15(7-13(17)18)12(16)5-4-11-6-10(14)8-19-11/h6,8-9H,3-5,7H2,1-2H3,(H,17,18). The first-order valence-electron chi connectivity index (χ1n) is 6.18. The van der Waals surface area contributed by atoms with Gasteiger partial charge in [-0.25, -0.2) is 0 Å². The van der Waals surface area contributed by atoms with Gasteiger partial charge in [-0.15, -0.1) is 11.3 Å². The molecule has 0 saturated heterocycles. The fourth-order valence-electron chi connectivity index (χ4n) is 1.71. The Morgan fingerprint density at radius 2 is 2.21 bits per heavy atom. The second-order valence-corrected chi connectivity index (χ2v) is 6.32. The van der Waals surface area contributed by atoms with Gasteiger partial charge in [0.05, 0.1) is 0 Å². The second kappa shape index (κ2) is 7.65. The minimum atomic E-state index is -0.965. The molecule has 1 N–H and O–H groups in total. The number of rotatable bonds is 7. The van der Waals surface area contributed by atoms with Gasteiger partial charge in [0, 0.05) is 27.2 Å². The lowest BCUT2D eigenvalue weighted by Gasteiger charge is -2.26. The van der Waals surface area contributed by atoms with Crippen molar-refractivity contribution in [1.82, 2.24) is 4.90 Å². The number of aliphatic carboxylic acids is 1. The molecule has 0 bridgehead atoms. The average Bonchev–Trinajstić information content (AvgIpc) is 2.77. The Hall–Kier alpha value is -0.880. The third kappa shape index (κ3) is 5.32. The number of thiophene rings is 1. The van der Waals surface area contributed by atoms with Crippen LogP contribution in [0.4, 0.5) is 0 Å². The van der Waals surface area contributed by atoms with E-state index in [1.54, 1.807) is 11.3 Å². The van der Waals surface area contributed by atoms with Gasteiger partial charge in [0.15, 0.2) is 0 Å². The zero-order valence-electron chi connectivity index (χ0n) is 11.1. The van der Waals surface area contributed by atoms with Crippen LogP contribution in [0.3, 0.4) is 0 Å². The zero-order chi connectivity index (χ0) is 14.4. The van der Waals surface area contributed by atoms with Crippen molar-refractivity contribution in [3.8, 4) is 0 Å². The van der Waals surface area contributed by atoms with Gasteiger partial charge < -0.3 is 10.0 Å². The largest absolute Gasteiger partial charge is 0.480 e. The van der Waals surface area contributed by atoms with Gasteiger partial charge in [-0.05, 0) is 41.8 Å². The van der Waals surface area contributed by atoms with E-state index in [4.69, 9.17) is 5.11 Å². The van der Waals surface area contributed by atoms with Crippen molar-refractivity contribution in [2.24, 2.45) is 0 Å². The Morgan fingerprint density at radius 1 is 1.53 bits per heavy atom. The van der Waals surface area contributed by atoms with Gasteiger partial charge in [0.2, 0.25) is 5.91 Å². The van der Waals surface area contributed by atoms with E-state index in [1.807, 2.05) is 25.3 Å². The minimum absolute atomic E-state index is 0.0429. The van der Waals surface area contributed by atoms with Crippen LogP contribution in [0, 0.1) is 0 Å². The third-order valence-corrected chi connectivity index (χ3v) is 4.71. The quantitative estimate of drug-likeness (QED) is 0.824. The van der Waals surface area contributed by atoms with E-state index in [0.29, 0.717) is 12.8 Å². The lowest BCUT2D eigenvalue weighted by atomic mass is 10.1. The Morgan fingerprint density at radius 3 is 2.68 bits per heavy atom. The fourth-order valence-corrected chi connectivity index (χ4v) is 3.17. The van der Waals surface area contributed by atoms with Crippen LogP contribution in [-0.4, -0.2) is 34.5 Å². The van der Waals surface area contributed by atoms with Gasteiger partial charge in [0.25, 0.3) is 0 Å². The first-order chi connectivity index (χ1) is 8.93. The molecule has 0 aliphatic heterocycles. The van der Waals surface area contributed by atoms with E-state index in [9.17, 15) is 9.59 Å². The lowest BCUT2D eigenvalue weighted by molar-refractivity contribution is -0.146. The maximum Gasteiger partial charge on any atom is 0.323 e. The summed E-state index contributed by atoms with van der Waals surface area (Å²) in [6.07, 6.45) is 1.76. The molecule has 6 heteroatoms. The van der Waals surface area contributed by atoms with Gasteiger partial charge in [0.1, 0.15) is 6.54 Å². The van der Waals surface area contributed by atoms with Crippen LogP contribution in [0.1, 0.15) is 31.6 Å². The highest BCUT2D eigenvalue weighted by Crippen LogP contribution is 2.21. The van der Waals surface area contributed by atoms with E-state index < -0.39 is 5.97 Å². The molecule has 1 amide bonds. The maximum atomic E-state index is 12.1. The van der Waals surface area contributed by atoms with Crippen LogP contribution >= 0.6 is 27.3 Å². The van der Waals surface area contributed by atoms with Crippen LogP contribution in [0.15, 0.2) is 15.9 Å². The minimum Gasteiger partial charge on any atom is -0.480 e. The van der Waals surface area contributed by atoms with Crippen LogP contribution in [-0.2, 0) is 16.0 Å². The first-order valence-corrected chi connectivity index (χ1v) is 7.85. The lowest BCUT2D eigenvalue weighted by Crippen LogP contribution is -2.41. The molecule has 0 saturated carbocycles. The number of carboxylic acid groups (broad SMARTS) is 1. The number of halogens is 1. The summed E-state index contributed by atoms with van der Waals surface area (Å²) in [6, 6.07) is 1.95. The molecule has 0 aliphatic carbocycles. The maximum absolute atomic E-state index is 12.1. The highest BCUT2D eigenvalue weighted by atomic mass is 79.9. The van der Waals surface area contributed by atoms with Crippen LogP contribution in [0.5, 0.6) is 0 Å². The van der Waals surface area contributed by atoms with Crippen molar-refractivity contribution in [1.29, 1.82) is 0 Å². The van der Waals surface area contributed by atoms with Gasteiger partial charge in [-0.3, -0.25) is 9.59 Å². The van der Waals surface area contributed by atoms with Crippen molar-refractivity contribution in [2.75, 3.05) is 6.54 Å². The first kappa shape index (κ1) is 16.2. The Bertz CT molecular complexity index is 447. The van der Waals surface area contributed by atoms with E-state index in [1.165, 1.54) is 4.90 Å². The van der Waals surface area contributed by atoms with E-state index in [2.05, 4.69) is 15.9 Å². The molecule has 106 valence electrons. The van der Waals surface area contributed by atoms with Crippen LogP contribution in [0.25, 0.3) is 0 Å². The normalized spacial score (nSPS) is 12.2. The van der Waals surface area contributed by atoms with Crippen LogP contribution < -0.4 is 0 Å². The predicted octanol–water partition coefficient (Wildman–Crippen LogP) is 3.15. The molecule has 19 heavy (non-hydrogen) atoms. The molecule has 0 spiro atoms. The highest BCUT2D eigenvalue weighted by Gasteiger charge is 2.21. The molecule has 0 aliphatic rings. The summed E-state index contributed by atoms with van der Waals surface area (Å²) in [6.45, 7) is 3.60. The summed E-state index contributed by atoms with van der Waals surface area (Å²) < 4.78 is 1.02. The molecule has 1 aromatic heterocycles. The van der Waals surface area contributed by atoms with Gasteiger partial charge >= 0.3 is 5.97 Å². The Kier molecular flexibility index (Phi) is 6.51. The van der Waals surface area contributed by atoms with E-state index in [0.717, 1.165) is 15.8 Å². The molecule has 1 heterocycles. The fraction of sp³-hybridized carbons (Fsp3) is 0.538. The van der Waals surface area contributed by atoms with E-state index in [-0.39, 0.29) is 18.5 Å². The van der Waals surface area contributed by atoms with Crippen molar-refractivity contribution >= 4 is 39.1 Å². The van der Waals surface area contributed by atoms with E-state index >= 15 is 0 Å². The van der Waals surface area contributed by atoms with Gasteiger partial charge in [-0.2, -0.15) is 0 Å². The average molecular weight is 348 g/mol. The molecule has 1 atom stereocenters. The molecular weight excluding hydrogens is 330 g/mol. The topological polar surface area (TPSA) is 57.6 Å². The molecule has 4 nitrogen and oxygen atoms in total. The number of hydrogen-bond donors (Lipinski definition) is 1. The molecule has 0 radical (unpaired) electrons. The number of carboxylic acids is 1. The molecule has 1 unspecified atom stereocenters. The molecule has 1 aromatic rings. The third-order valence-electron chi connectivity index (χ3n) is 2.96. The number of carbonyl (C=O) groups is 2. The highest BCUT2D eigenvalue weighted by molar-refractivity contribution is 9.10. The summed E-state index contributed by atoms with van der Waals surface area (Å²) >= 11 is 4.97. The number of amides is 1. The van der Waals surface area contributed by atoms with Crippen LogP contribution in [0.2, 0.25) is 0 Å². The molecule has 1 rings (SSSR count). The molecule has 0 fully saturated rings. The Balaban J connectivity index is 2.58. The smallest absolute Gasteiger partial charge is 0.323 e. The van der Waals surface area contributed by atoms with Crippen molar-refractivity contribution in [3.63, 3.8) is 0 Å². The summed E-state index contributed by atoms with van der Waals surface area (Å²) in [4.78, 5) is 25.5. The summed E-state index contributed by atoms with van der Waals surface area (Å²) in [5, 5.41) is 10.8. The van der Waals surface area contributed by atoms with Gasteiger partial charge in [-0.1, -0.05) is 6.92 Å². The summed E-state index contributed by atoms with van der Waals surface area (Å²) in [7, 11) is 0.